The van der Waals surface area contributed by atoms with Crippen LogP contribution in [0.1, 0.15) is 82.1 Å². The second-order valence-electron chi connectivity index (χ2n) is 12.8. The number of rotatable bonds is 13. The molecule has 0 spiro atoms. The molecule has 43 heavy (non-hydrogen) atoms. The van der Waals surface area contributed by atoms with E-state index in [0.717, 1.165) is 33.4 Å². The van der Waals surface area contributed by atoms with Crippen molar-refractivity contribution >= 4 is 5.78 Å². The Morgan fingerprint density at radius 2 is 1.14 bits per heavy atom. The zero-order valence-corrected chi connectivity index (χ0v) is 28.1. The van der Waals surface area contributed by atoms with Gasteiger partial charge in [-0.2, -0.15) is 0 Å². The Kier molecular flexibility index (Phi) is 15.9. The molecule has 1 atom stereocenters. The van der Waals surface area contributed by atoms with Crippen LogP contribution in [0, 0.1) is 5.41 Å². The monoisotopic (exact) mass is 582 g/mol. The van der Waals surface area contributed by atoms with Crippen LogP contribution in [0.4, 0.5) is 0 Å². The number of carbonyl (C=O) groups excluding carboxylic acids is 1. The summed E-state index contributed by atoms with van der Waals surface area (Å²) < 4.78 is 0. The van der Waals surface area contributed by atoms with Crippen molar-refractivity contribution < 1.29 is 15.0 Å². The van der Waals surface area contributed by atoms with Crippen molar-refractivity contribution in [1.82, 2.24) is 0 Å². The molecule has 0 fully saturated rings. The molecule has 0 radical (unpaired) electrons. The fraction of sp³-hybridized carbons (Fsp3) is 0.375. The predicted molar refractivity (Wildman–Crippen MR) is 187 cm³/mol. The maximum Gasteiger partial charge on any atom is 0.187 e. The minimum absolute atomic E-state index is 0.168. The molecule has 0 saturated carbocycles. The first-order valence-corrected chi connectivity index (χ1v) is 15.1. The molecule has 2 N–H and O–H groups in total. The molecule has 0 saturated heterocycles. The first kappa shape index (κ1) is 37.5. The van der Waals surface area contributed by atoms with Crippen molar-refractivity contribution in [2.75, 3.05) is 0 Å². The molecule has 0 aromatic carbocycles. The summed E-state index contributed by atoms with van der Waals surface area (Å²) in [4.78, 5) is 12.2. The van der Waals surface area contributed by atoms with E-state index in [1.807, 2.05) is 82.4 Å². The van der Waals surface area contributed by atoms with Gasteiger partial charge in [0.05, 0.1) is 5.60 Å². The fourth-order valence-electron chi connectivity index (χ4n) is 4.42. The minimum Gasteiger partial charge on any atom is -0.390 e. The number of carbonyl (C=O) groups is 1. The normalized spacial score (nSPS) is 20.6. The summed E-state index contributed by atoms with van der Waals surface area (Å²) in [6, 6.07) is 0. The second-order valence-corrected chi connectivity index (χ2v) is 12.8. The third-order valence-corrected chi connectivity index (χ3v) is 7.00. The number of aliphatic hydroxyl groups is 2. The molecule has 1 rings (SSSR count). The van der Waals surface area contributed by atoms with E-state index in [0.29, 0.717) is 18.4 Å². The highest BCUT2D eigenvalue weighted by atomic mass is 16.3. The van der Waals surface area contributed by atoms with Crippen molar-refractivity contribution in [1.29, 1.82) is 0 Å². The molecule has 3 nitrogen and oxygen atoms in total. The van der Waals surface area contributed by atoms with Crippen LogP contribution in [0.15, 0.2) is 142 Å². The van der Waals surface area contributed by atoms with Gasteiger partial charge in [-0.15, -0.1) is 0 Å². The number of allylic oxidation sites excluding steroid dienone is 22. The molecule has 0 amide bonds. The predicted octanol–water partition coefficient (Wildman–Crippen LogP) is 9.89. The molecule has 1 aliphatic rings. The lowest BCUT2D eigenvalue weighted by Crippen LogP contribution is -2.35. The maximum absolute atomic E-state index is 12.2. The third-order valence-electron chi connectivity index (χ3n) is 7.00. The lowest BCUT2D eigenvalue weighted by atomic mass is 9.71. The first-order chi connectivity index (χ1) is 20.0. The fourth-order valence-corrected chi connectivity index (χ4v) is 4.42. The standard InChI is InChI=1S/C40H54O3/c1-30(19-13-21-32(3)22-14-23-33(4)25-16-28-40(9,10)43)17-11-12-18-31(2)20-15-24-34(5)26-27-36-35(6)38(42)37(41)29-39(36,7)8/h11-27,37,41,43H,28-29H2,1-10H3/b12-11+,19-13+,20-15+,22-14+,25-16+,27-26+,30-17+,31-18+,32-21+,33-23+,34-24+. The Morgan fingerprint density at radius 1 is 0.744 bits per heavy atom. The highest BCUT2D eigenvalue weighted by Crippen LogP contribution is 2.39. The molecule has 3 heteroatoms. The lowest BCUT2D eigenvalue weighted by Gasteiger charge is -2.34. The van der Waals surface area contributed by atoms with Crippen molar-refractivity contribution in [3.8, 4) is 0 Å². The Bertz CT molecular complexity index is 1330. The van der Waals surface area contributed by atoms with Crippen molar-refractivity contribution in [3.63, 3.8) is 0 Å². The van der Waals surface area contributed by atoms with Crippen LogP contribution < -0.4 is 0 Å². The van der Waals surface area contributed by atoms with Crippen LogP contribution in [0.25, 0.3) is 0 Å². The number of ketones is 1. The van der Waals surface area contributed by atoms with Crippen molar-refractivity contribution in [2.45, 2.75) is 93.8 Å². The summed E-state index contributed by atoms with van der Waals surface area (Å²) in [6.07, 6.45) is 35.0. The van der Waals surface area contributed by atoms with Crippen LogP contribution in [0.3, 0.4) is 0 Å². The molecule has 1 aliphatic carbocycles. The number of Topliss-reactive ketones (excluding diaryl/α,β-unsaturated/α-hetero) is 1. The van der Waals surface area contributed by atoms with Crippen LogP contribution in [-0.4, -0.2) is 27.7 Å². The first-order valence-electron chi connectivity index (χ1n) is 15.1. The maximum atomic E-state index is 12.2. The highest BCUT2D eigenvalue weighted by Gasteiger charge is 2.36. The Hall–Kier alpha value is -3.53. The largest absolute Gasteiger partial charge is 0.390 e. The van der Waals surface area contributed by atoms with Gasteiger partial charge in [0.15, 0.2) is 5.78 Å². The molecule has 0 aromatic rings. The van der Waals surface area contributed by atoms with Crippen LogP contribution in [-0.2, 0) is 4.79 Å². The van der Waals surface area contributed by atoms with Gasteiger partial charge in [0.2, 0.25) is 0 Å². The quantitative estimate of drug-likeness (QED) is 0.213. The summed E-state index contributed by atoms with van der Waals surface area (Å²) in [6.45, 7) is 19.9. The smallest absolute Gasteiger partial charge is 0.187 e. The summed E-state index contributed by atoms with van der Waals surface area (Å²) >= 11 is 0. The van der Waals surface area contributed by atoms with Crippen molar-refractivity contribution in [3.05, 3.63) is 142 Å². The van der Waals surface area contributed by atoms with E-state index >= 15 is 0 Å². The molecule has 232 valence electrons. The molecular formula is C40H54O3. The van der Waals surface area contributed by atoms with Gasteiger partial charge < -0.3 is 10.2 Å². The van der Waals surface area contributed by atoms with E-state index in [1.165, 1.54) is 0 Å². The lowest BCUT2D eigenvalue weighted by molar-refractivity contribution is -0.125. The van der Waals surface area contributed by atoms with Gasteiger partial charge in [0.25, 0.3) is 0 Å². The molecular weight excluding hydrogens is 528 g/mol. The zero-order valence-electron chi connectivity index (χ0n) is 28.1. The van der Waals surface area contributed by atoms with Gasteiger partial charge in [-0.25, -0.2) is 0 Å². The van der Waals surface area contributed by atoms with Crippen LogP contribution in [0.5, 0.6) is 0 Å². The molecule has 0 aromatic heterocycles. The van der Waals surface area contributed by atoms with Gasteiger partial charge in [0, 0.05) is 0 Å². The molecule has 0 bridgehead atoms. The van der Waals surface area contributed by atoms with Crippen molar-refractivity contribution in [2.24, 2.45) is 5.41 Å². The number of aliphatic hydroxyl groups excluding tert-OH is 1. The van der Waals surface area contributed by atoms with E-state index in [2.05, 4.69) is 83.2 Å². The van der Waals surface area contributed by atoms with Gasteiger partial charge in [-0.05, 0) is 84.8 Å². The van der Waals surface area contributed by atoms with E-state index in [9.17, 15) is 15.0 Å². The Balaban J connectivity index is 2.65. The summed E-state index contributed by atoms with van der Waals surface area (Å²) in [7, 11) is 0. The zero-order chi connectivity index (χ0) is 32.6. The average molecular weight is 583 g/mol. The summed E-state index contributed by atoms with van der Waals surface area (Å²) in [5, 5.41) is 19.8. The molecule has 0 heterocycles. The van der Waals surface area contributed by atoms with E-state index in [-0.39, 0.29) is 11.2 Å². The van der Waals surface area contributed by atoms with E-state index < -0.39 is 11.7 Å². The van der Waals surface area contributed by atoms with Gasteiger partial charge in [-0.3, -0.25) is 4.79 Å². The summed E-state index contributed by atoms with van der Waals surface area (Å²) in [5.41, 5.74) is 6.42. The topological polar surface area (TPSA) is 57.5 Å². The Morgan fingerprint density at radius 3 is 1.58 bits per heavy atom. The average Bonchev–Trinajstić information content (AvgIpc) is 2.88. The minimum atomic E-state index is -0.899. The molecule has 1 unspecified atom stereocenters. The van der Waals surface area contributed by atoms with Gasteiger partial charge in [-0.1, -0.05) is 145 Å². The second kappa shape index (κ2) is 18.2. The number of hydrogen-bond acceptors (Lipinski definition) is 3. The number of hydrogen-bond donors (Lipinski definition) is 2. The third kappa shape index (κ3) is 16.0. The summed E-state index contributed by atoms with van der Waals surface area (Å²) in [5.74, 6) is -0.168. The van der Waals surface area contributed by atoms with E-state index in [1.54, 1.807) is 6.92 Å². The van der Waals surface area contributed by atoms with Gasteiger partial charge in [0.1, 0.15) is 6.10 Å². The van der Waals surface area contributed by atoms with Gasteiger partial charge >= 0.3 is 0 Å². The van der Waals surface area contributed by atoms with Crippen LogP contribution in [0.2, 0.25) is 0 Å². The van der Waals surface area contributed by atoms with Crippen LogP contribution >= 0.6 is 0 Å². The Labute approximate surface area is 261 Å². The SMILES string of the molecule is CC1=C(/C=C/C(C)=C/C=C/C(C)=C/C=C/C=C(C)/C=C/C=C(C)/C=C/C=C(C)/C=C/CC(C)(C)O)C(C)(C)CC(O)C1=O. The van der Waals surface area contributed by atoms with E-state index in [4.69, 9.17) is 0 Å². The highest BCUT2D eigenvalue weighted by molar-refractivity contribution is 6.00. The molecule has 0 aliphatic heterocycles.